The number of carbonyl (C=O) groups is 3. The molecule has 0 bridgehead atoms. The van der Waals surface area contributed by atoms with Gasteiger partial charge in [0, 0.05) is 5.69 Å². The lowest BCUT2D eigenvalue weighted by atomic mass is 10.2. The third-order valence-corrected chi connectivity index (χ3v) is 5.52. The van der Waals surface area contributed by atoms with E-state index in [-0.39, 0.29) is 11.4 Å². The highest BCUT2D eigenvalue weighted by Crippen LogP contribution is 2.34. The summed E-state index contributed by atoms with van der Waals surface area (Å²) in [5.74, 6) is -0.997. The summed E-state index contributed by atoms with van der Waals surface area (Å²) < 4.78 is 0. The van der Waals surface area contributed by atoms with E-state index in [1.165, 1.54) is 6.08 Å². The molecule has 27 heavy (non-hydrogen) atoms. The van der Waals surface area contributed by atoms with E-state index in [4.69, 9.17) is 23.2 Å². The summed E-state index contributed by atoms with van der Waals surface area (Å²) in [6.45, 7) is 1.57. The average Bonchev–Trinajstić information content (AvgIpc) is 2.88. The van der Waals surface area contributed by atoms with E-state index in [2.05, 4.69) is 5.32 Å². The Morgan fingerprint density at radius 1 is 1.15 bits per heavy atom. The molecule has 1 saturated heterocycles. The number of hydrogen-bond acceptors (Lipinski definition) is 4. The van der Waals surface area contributed by atoms with Gasteiger partial charge in [-0.25, -0.2) is 0 Å². The summed E-state index contributed by atoms with van der Waals surface area (Å²) in [6, 6.07) is 12.2. The van der Waals surface area contributed by atoms with E-state index >= 15 is 0 Å². The molecule has 3 rings (SSSR count). The Morgan fingerprint density at radius 2 is 1.85 bits per heavy atom. The maximum Gasteiger partial charge on any atom is 0.294 e. The van der Waals surface area contributed by atoms with Crippen LogP contribution in [-0.4, -0.2) is 28.5 Å². The minimum absolute atomic E-state index is 0.187. The molecule has 1 N–H and O–H groups in total. The van der Waals surface area contributed by atoms with Gasteiger partial charge in [-0.15, -0.1) is 0 Å². The van der Waals surface area contributed by atoms with Crippen LogP contribution in [0.5, 0.6) is 0 Å². The van der Waals surface area contributed by atoms with Crippen molar-refractivity contribution in [3.05, 3.63) is 68.5 Å². The Hall–Kier alpha value is -2.28. The number of aryl methyl sites for hydroxylation is 1. The predicted octanol–water partition coefficient (Wildman–Crippen LogP) is 4.98. The van der Waals surface area contributed by atoms with Gasteiger partial charge >= 0.3 is 0 Å². The number of carbonyl (C=O) groups excluding carboxylic acids is 3. The Labute approximate surface area is 170 Å². The molecule has 0 aliphatic carbocycles. The normalized spacial score (nSPS) is 15.5. The first-order chi connectivity index (χ1) is 12.8. The number of hydrogen-bond donors (Lipinski definition) is 1. The number of nitrogens with one attached hydrogen (secondary N) is 1. The molecule has 2 aromatic rings. The van der Waals surface area contributed by atoms with Crippen LogP contribution >= 0.6 is 35.0 Å². The molecule has 0 spiro atoms. The number of anilines is 1. The maximum atomic E-state index is 12.5. The number of imide groups is 1. The minimum atomic E-state index is -0.542. The fourth-order valence-corrected chi connectivity index (χ4v) is 3.58. The zero-order valence-electron chi connectivity index (χ0n) is 14.2. The van der Waals surface area contributed by atoms with Crippen molar-refractivity contribution < 1.29 is 14.4 Å². The van der Waals surface area contributed by atoms with E-state index < -0.39 is 17.1 Å². The van der Waals surface area contributed by atoms with Gasteiger partial charge in [0.1, 0.15) is 6.54 Å². The first-order valence-electron chi connectivity index (χ1n) is 7.91. The summed E-state index contributed by atoms with van der Waals surface area (Å²) >= 11 is 12.8. The lowest BCUT2D eigenvalue weighted by molar-refractivity contribution is -0.127. The molecule has 1 aliphatic rings. The molecular weight excluding hydrogens is 407 g/mol. The number of amides is 3. The van der Waals surface area contributed by atoms with Gasteiger partial charge in [-0.05, 0) is 48.5 Å². The number of rotatable bonds is 4. The summed E-state index contributed by atoms with van der Waals surface area (Å²) in [7, 11) is 0. The lowest BCUT2D eigenvalue weighted by Gasteiger charge is -2.12. The van der Waals surface area contributed by atoms with Crippen molar-refractivity contribution in [2.45, 2.75) is 6.92 Å². The van der Waals surface area contributed by atoms with Crippen molar-refractivity contribution >= 4 is 63.8 Å². The van der Waals surface area contributed by atoms with Gasteiger partial charge < -0.3 is 5.32 Å². The van der Waals surface area contributed by atoms with Crippen LogP contribution in [0.3, 0.4) is 0 Å². The summed E-state index contributed by atoms with van der Waals surface area (Å²) in [6.07, 6.45) is 1.50. The highest BCUT2D eigenvalue weighted by atomic mass is 35.5. The van der Waals surface area contributed by atoms with Gasteiger partial charge in [-0.2, -0.15) is 0 Å². The van der Waals surface area contributed by atoms with E-state index in [9.17, 15) is 14.4 Å². The van der Waals surface area contributed by atoms with Gasteiger partial charge in [-0.1, -0.05) is 53.0 Å². The second-order valence-corrected chi connectivity index (χ2v) is 7.60. The Balaban J connectivity index is 1.72. The number of benzene rings is 2. The predicted molar refractivity (Wildman–Crippen MR) is 109 cm³/mol. The molecule has 8 heteroatoms. The maximum absolute atomic E-state index is 12.5. The molecule has 1 heterocycles. The quantitative estimate of drug-likeness (QED) is 0.708. The lowest BCUT2D eigenvalue weighted by Crippen LogP contribution is -2.36. The molecule has 2 aromatic carbocycles. The standard InChI is InChI=1S/C19H14Cl2N2O3S/c1-11-5-7-13(8-6-11)22-16(24)10-23-18(25)15(27-19(23)26)9-12-3-2-4-14(20)17(12)21/h2-9H,10H2,1H3,(H,22,24)/b15-9+. The van der Waals surface area contributed by atoms with Crippen LogP contribution in [0, 0.1) is 6.92 Å². The van der Waals surface area contributed by atoms with Crippen LogP contribution in [0.2, 0.25) is 10.0 Å². The molecule has 0 aromatic heterocycles. The van der Waals surface area contributed by atoms with Crippen LogP contribution < -0.4 is 5.32 Å². The Bertz CT molecular complexity index is 958. The topological polar surface area (TPSA) is 66.5 Å². The Kier molecular flexibility index (Phi) is 5.89. The van der Waals surface area contributed by atoms with Crippen LogP contribution in [0.4, 0.5) is 10.5 Å². The largest absolute Gasteiger partial charge is 0.325 e. The van der Waals surface area contributed by atoms with Crippen molar-refractivity contribution in [2.24, 2.45) is 0 Å². The van der Waals surface area contributed by atoms with Gasteiger partial charge in [0.15, 0.2) is 0 Å². The summed E-state index contributed by atoms with van der Waals surface area (Å²) in [4.78, 5) is 37.9. The van der Waals surface area contributed by atoms with Crippen molar-refractivity contribution in [1.29, 1.82) is 0 Å². The first kappa shape index (κ1) is 19.5. The third kappa shape index (κ3) is 4.53. The average molecular weight is 421 g/mol. The zero-order chi connectivity index (χ0) is 19.6. The van der Waals surface area contributed by atoms with Gasteiger partial charge in [0.2, 0.25) is 5.91 Å². The molecule has 0 radical (unpaired) electrons. The molecule has 138 valence electrons. The molecule has 0 unspecified atom stereocenters. The molecule has 3 amide bonds. The number of halogens is 2. The minimum Gasteiger partial charge on any atom is -0.325 e. The van der Waals surface area contributed by atoms with E-state index in [1.807, 2.05) is 19.1 Å². The fraction of sp³-hybridized carbons (Fsp3) is 0.105. The van der Waals surface area contributed by atoms with Gasteiger partial charge in [-0.3, -0.25) is 19.3 Å². The SMILES string of the molecule is Cc1ccc(NC(=O)CN2C(=O)S/C(=C/c3cccc(Cl)c3Cl)C2=O)cc1. The molecule has 0 saturated carbocycles. The molecule has 1 fully saturated rings. The summed E-state index contributed by atoms with van der Waals surface area (Å²) in [5.41, 5.74) is 2.18. The fourth-order valence-electron chi connectivity index (χ4n) is 2.39. The zero-order valence-corrected chi connectivity index (χ0v) is 16.5. The third-order valence-electron chi connectivity index (χ3n) is 3.78. The van der Waals surface area contributed by atoms with Crippen molar-refractivity contribution in [2.75, 3.05) is 11.9 Å². The van der Waals surface area contributed by atoms with E-state index in [0.29, 0.717) is 21.3 Å². The second kappa shape index (κ2) is 8.17. The second-order valence-electron chi connectivity index (χ2n) is 5.83. The van der Waals surface area contributed by atoms with Crippen molar-refractivity contribution in [3.8, 4) is 0 Å². The van der Waals surface area contributed by atoms with Crippen LogP contribution in [0.15, 0.2) is 47.4 Å². The van der Waals surface area contributed by atoms with Crippen LogP contribution in [0.1, 0.15) is 11.1 Å². The smallest absolute Gasteiger partial charge is 0.294 e. The Morgan fingerprint density at radius 3 is 2.56 bits per heavy atom. The van der Waals surface area contributed by atoms with Gasteiger partial charge in [0.25, 0.3) is 11.1 Å². The monoisotopic (exact) mass is 420 g/mol. The first-order valence-corrected chi connectivity index (χ1v) is 9.48. The number of nitrogens with zero attached hydrogens (tertiary/aromatic N) is 1. The van der Waals surface area contributed by atoms with Gasteiger partial charge in [0.05, 0.1) is 15.0 Å². The van der Waals surface area contributed by atoms with Crippen LogP contribution in [0.25, 0.3) is 6.08 Å². The van der Waals surface area contributed by atoms with Crippen molar-refractivity contribution in [3.63, 3.8) is 0 Å². The van der Waals surface area contributed by atoms with Crippen LogP contribution in [-0.2, 0) is 9.59 Å². The van der Waals surface area contributed by atoms with E-state index in [1.54, 1.807) is 30.3 Å². The highest BCUT2D eigenvalue weighted by Gasteiger charge is 2.36. The molecular formula is C19H14Cl2N2O3S. The molecule has 5 nitrogen and oxygen atoms in total. The van der Waals surface area contributed by atoms with E-state index in [0.717, 1.165) is 22.2 Å². The summed E-state index contributed by atoms with van der Waals surface area (Å²) in [5, 5.41) is 2.80. The highest BCUT2D eigenvalue weighted by molar-refractivity contribution is 8.18. The van der Waals surface area contributed by atoms with Crippen molar-refractivity contribution in [1.82, 2.24) is 4.90 Å². The number of thioether (sulfide) groups is 1. The molecule has 0 atom stereocenters. The molecule has 1 aliphatic heterocycles.